The number of benzene rings is 1. The van der Waals surface area contributed by atoms with Crippen LogP contribution < -0.4 is 5.32 Å². The minimum absolute atomic E-state index is 0.488. The Morgan fingerprint density at radius 2 is 1.65 bits per heavy atom. The van der Waals surface area contributed by atoms with Crippen LogP contribution >= 0.6 is 12.2 Å². The molecule has 0 radical (unpaired) electrons. The Morgan fingerprint density at radius 1 is 1.10 bits per heavy atom. The second-order valence-electron chi connectivity index (χ2n) is 5.39. The Morgan fingerprint density at radius 3 is 2.15 bits per heavy atom. The van der Waals surface area contributed by atoms with E-state index in [1.165, 1.54) is 5.56 Å². The van der Waals surface area contributed by atoms with Crippen LogP contribution in [0.2, 0.25) is 0 Å². The van der Waals surface area contributed by atoms with Crippen molar-refractivity contribution in [1.29, 1.82) is 0 Å². The fourth-order valence-electron chi connectivity index (χ4n) is 2.28. The van der Waals surface area contributed by atoms with Crippen molar-refractivity contribution in [2.24, 2.45) is 0 Å². The van der Waals surface area contributed by atoms with Crippen molar-refractivity contribution in [1.82, 2.24) is 10.2 Å². The van der Waals surface area contributed by atoms with Crippen LogP contribution in [0.25, 0.3) is 0 Å². The quantitative estimate of drug-likeness (QED) is 0.765. The third-order valence-corrected chi connectivity index (χ3v) is 4.25. The summed E-state index contributed by atoms with van der Waals surface area (Å²) < 4.78 is 0. The van der Waals surface area contributed by atoms with E-state index in [-0.39, 0.29) is 0 Å². The number of hydrogen-bond acceptors (Lipinski definition) is 1. The second kappa shape index (κ2) is 8.96. The van der Waals surface area contributed by atoms with Crippen molar-refractivity contribution >= 4 is 17.3 Å². The number of hydrogen-bond donors (Lipinski definition) is 1. The van der Waals surface area contributed by atoms with E-state index in [0.29, 0.717) is 12.1 Å². The first-order valence-corrected chi connectivity index (χ1v) is 8.11. The molecule has 3 heteroatoms. The summed E-state index contributed by atoms with van der Waals surface area (Å²) in [4.78, 5) is 2.35. The molecular formula is C17H28N2S. The minimum Gasteiger partial charge on any atom is -0.362 e. The average molecular weight is 292 g/mol. The van der Waals surface area contributed by atoms with E-state index in [4.69, 9.17) is 12.2 Å². The molecule has 1 rings (SSSR count). The molecule has 0 bridgehead atoms. The van der Waals surface area contributed by atoms with E-state index in [1.54, 1.807) is 0 Å². The van der Waals surface area contributed by atoms with Crippen molar-refractivity contribution < 1.29 is 0 Å². The summed E-state index contributed by atoms with van der Waals surface area (Å²) in [7, 11) is 0. The lowest BCUT2D eigenvalue weighted by Gasteiger charge is -2.36. The van der Waals surface area contributed by atoms with Gasteiger partial charge in [0.2, 0.25) is 0 Å². The molecule has 0 aliphatic rings. The van der Waals surface area contributed by atoms with Gasteiger partial charge in [0.05, 0.1) is 0 Å². The molecule has 1 aromatic rings. The summed E-state index contributed by atoms with van der Waals surface area (Å²) in [6.45, 7) is 9.82. The molecule has 0 aromatic heterocycles. The first kappa shape index (κ1) is 17.0. The second-order valence-corrected chi connectivity index (χ2v) is 5.78. The first-order valence-electron chi connectivity index (χ1n) is 7.70. The number of nitrogens with zero attached hydrogens (tertiary/aromatic N) is 1. The third kappa shape index (κ3) is 5.12. The first-order chi connectivity index (χ1) is 9.60. The molecule has 0 aliphatic carbocycles. The van der Waals surface area contributed by atoms with Crippen LogP contribution in [0.15, 0.2) is 30.3 Å². The molecule has 0 saturated carbocycles. The van der Waals surface area contributed by atoms with Crippen LogP contribution in [0.5, 0.6) is 0 Å². The van der Waals surface area contributed by atoms with Gasteiger partial charge in [-0.25, -0.2) is 0 Å². The topological polar surface area (TPSA) is 15.3 Å². The molecule has 0 spiro atoms. The third-order valence-electron chi connectivity index (χ3n) is 3.90. The minimum atomic E-state index is 0.488. The van der Waals surface area contributed by atoms with Gasteiger partial charge in [-0.1, -0.05) is 44.2 Å². The monoisotopic (exact) mass is 292 g/mol. The van der Waals surface area contributed by atoms with E-state index < -0.39 is 0 Å². The van der Waals surface area contributed by atoms with Gasteiger partial charge in [-0.15, -0.1) is 0 Å². The summed E-state index contributed by atoms with van der Waals surface area (Å²) in [5.74, 6) is 0. The lowest BCUT2D eigenvalue weighted by Crippen LogP contribution is -2.49. The average Bonchev–Trinajstić information content (AvgIpc) is 2.48. The van der Waals surface area contributed by atoms with E-state index >= 15 is 0 Å². The van der Waals surface area contributed by atoms with Crippen molar-refractivity contribution in [3.63, 3.8) is 0 Å². The van der Waals surface area contributed by atoms with Crippen LogP contribution in [0, 0.1) is 0 Å². The van der Waals surface area contributed by atoms with Crippen molar-refractivity contribution in [3.8, 4) is 0 Å². The molecule has 1 aromatic carbocycles. The Kier molecular flexibility index (Phi) is 7.60. The van der Waals surface area contributed by atoms with Gasteiger partial charge in [0.25, 0.3) is 0 Å². The van der Waals surface area contributed by atoms with Crippen molar-refractivity contribution in [2.45, 2.75) is 59.0 Å². The van der Waals surface area contributed by atoms with Gasteiger partial charge < -0.3 is 10.2 Å². The van der Waals surface area contributed by atoms with Gasteiger partial charge in [-0.3, -0.25) is 0 Å². The molecule has 0 fully saturated rings. The molecule has 0 aliphatic heterocycles. The van der Waals surface area contributed by atoms with Crippen LogP contribution in [0.3, 0.4) is 0 Å². The Balaban J connectivity index is 2.50. The summed E-state index contributed by atoms with van der Waals surface area (Å²) in [6.07, 6.45) is 3.24. The van der Waals surface area contributed by atoms with Crippen LogP contribution in [0.1, 0.15) is 46.1 Å². The Bertz CT molecular complexity index is 381. The highest BCUT2D eigenvalue weighted by Gasteiger charge is 2.20. The van der Waals surface area contributed by atoms with Crippen LogP contribution in [-0.2, 0) is 6.42 Å². The maximum atomic E-state index is 5.59. The number of rotatable bonds is 7. The summed E-state index contributed by atoms with van der Waals surface area (Å²) in [5.41, 5.74) is 1.35. The van der Waals surface area contributed by atoms with E-state index in [0.717, 1.165) is 30.9 Å². The maximum absolute atomic E-state index is 5.59. The number of thiocarbonyl (C=S) groups is 1. The highest BCUT2D eigenvalue weighted by Crippen LogP contribution is 2.12. The van der Waals surface area contributed by atoms with E-state index in [9.17, 15) is 0 Å². The lowest BCUT2D eigenvalue weighted by molar-refractivity contribution is 0.248. The smallest absolute Gasteiger partial charge is 0.169 e. The van der Waals surface area contributed by atoms with Crippen LogP contribution in [-0.4, -0.2) is 28.6 Å². The van der Waals surface area contributed by atoms with Crippen molar-refractivity contribution in [2.75, 3.05) is 6.54 Å². The van der Waals surface area contributed by atoms with E-state index in [2.05, 4.69) is 68.2 Å². The number of nitrogens with one attached hydrogen (secondary N) is 1. The summed E-state index contributed by atoms with van der Waals surface area (Å²) in [6, 6.07) is 11.5. The van der Waals surface area contributed by atoms with Crippen LogP contribution in [0.4, 0.5) is 0 Å². The summed E-state index contributed by atoms with van der Waals surface area (Å²) in [5, 5.41) is 4.31. The van der Waals surface area contributed by atoms with E-state index in [1.807, 2.05) is 0 Å². The molecule has 0 amide bonds. The maximum Gasteiger partial charge on any atom is 0.169 e. The zero-order valence-electron chi connectivity index (χ0n) is 13.2. The molecular weight excluding hydrogens is 264 g/mol. The highest BCUT2D eigenvalue weighted by molar-refractivity contribution is 7.80. The molecule has 20 heavy (non-hydrogen) atoms. The van der Waals surface area contributed by atoms with Gasteiger partial charge in [0.1, 0.15) is 0 Å². The van der Waals surface area contributed by atoms with Gasteiger partial charge >= 0.3 is 0 Å². The fraction of sp³-hybridized carbons (Fsp3) is 0.588. The largest absolute Gasteiger partial charge is 0.362 e. The molecule has 2 nitrogen and oxygen atoms in total. The zero-order valence-corrected chi connectivity index (χ0v) is 14.0. The molecule has 2 atom stereocenters. The van der Waals surface area contributed by atoms with Gasteiger partial charge in [-0.05, 0) is 50.9 Å². The van der Waals surface area contributed by atoms with Gasteiger partial charge in [0, 0.05) is 18.6 Å². The fourth-order valence-corrected chi connectivity index (χ4v) is 2.74. The molecule has 0 saturated heterocycles. The predicted octanol–water partition coefficient (Wildman–Crippen LogP) is 4.00. The van der Waals surface area contributed by atoms with Gasteiger partial charge in [-0.2, -0.15) is 0 Å². The molecule has 0 heterocycles. The van der Waals surface area contributed by atoms with Crippen molar-refractivity contribution in [3.05, 3.63) is 35.9 Å². The predicted molar refractivity (Wildman–Crippen MR) is 92.1 cm³/mol. The SMILES string of the molecule is CCC(C)N(C(=S)NCCc1ccccc1)C(C)CC. The molecule has 1 N–H and O–H groups in total. The molecule has 2 unspecified atom stereocenters. The normalized spacial score (nSPS) is 13.6. The lowest BCUT2D eigenvalue weighted by atomic mass is 10.1. The highest BCUT2D eigenvalue weighted by atomic mass is 32.1. The Labute approximate surface area is 129 Å². The zero-order chi connectivity index (χ0) is 15.0. The van der Waals surface area contributed by atoms with Gasteiger partial charge in [0.15, 0.2) is 5.11 Å². The molecule has 112 valence electrons. The Hall–Kier alpha value is -1.09. The standard InChI is InChI=1S/C17H28N2S/c1-5-14(3)19(15(4)6-2)17(20)18-13-12-16-10-8-7-9-11-16/h7-11,14-15H,5-6,12-13H2,1-4H3,(H,18,20). The summed E-state index contributed by atoms with van der Waals surface area (Å²) >= 11 is 5.59.